The molecule has 170 valence electrons. The number of anilines is 2. The smallest absolute Gasteiger partial charge is 0.172 e. The molecule has 1 fully saturated rings. The predicted octanol–water partition coefficient (Wildman–Crippen LogP) is 5.10. The van der Waals surface area contributed by atoms with Gasteiger partial charge in [0.25, 0.3) is 0 Å². The number of ether oxygens (including phenoxy) is 1. The summed E-state index contributed by atoms with van der Waals surface area (Å²) in [7, 11) is 0. The van der Waals surface area contributed by atoms with E-state index in [2.05, 4.69) is 15.1 Å². The normalized spacial score (nSPS) is 14.8. The zero-order valence-corrected chi connectivity index (χ0v) is 19.9. The van der Waals surface area contributed by atoms with E-state index in [0.29, 0.717) is 0 Å². The van der Waals surface area contributed by atoms with Crippen LogP contribution in [0.15, 0.2) is 42.5 Å². The number of hydrogen-bond donors (Lipinski definition) is 1. The highest BCUT2D eigenvalue weighted by Crippen LogP contribution is 2.27. The summed E-state index contributed by atoms with van der Waals surface area (Å²) in [5.41, 5.74) is 2.88. The van der Waals surface area contributed by atoms with Crippen molar-refractivity contribution in [2.24, 2.45) is 0 Å². The monoisotopic (exact) mass is 473 g/mol. The number of rotatable bonds is 9. The second kappa shape index (κ2) is 11.1. The van der Waals surface area contributed by atoms with Crippen LogP contribution in [0.1, 0.15) is 18.9 Å². The van der Waals surface area contributed by atoms with Crippen LogP contribution in [0.4, 0.5) is 11.6 Å². The molecule has 0 bridgehead atoms. The SMILES string of the molecule is CCOCCCNc1nc2ccccc2nc1N1CCN(Cc2cc(Cl)ccc2Cl)CC1. The van der Waals surface area contributed by atoms with Crippen LogP contribution in [-0.2, 0) is 11.3 Å². The van der Waals surface area contributed by atoms with Crippen molar-refractivity contribution >= 4 is 45.9 Å². The van der Waals surface area contributed by atoms with E-state index in [0.717, 1.165) is 97.2 Å². The van der Waals surface area contributed by atoms with Crippen LogP contribution in [0.5, 0.6) is 0 Å². The summed E-state index contributed by atoms with van der Waals surface area (Å²) < 4.78 is 5.45. The molecule has 0 saturated carbocycles. The number of nitrogens with one attached hydrogen (secondary N) is 1. The Labute approximate surface area is 199 Å². The fourth-order valence-corrected chi connectivity index (χ4v) is 4.25. The number of piperazine rings is 1. The summed E-state index contributed by atoms with van der Waals surface area (Å²) >= 11 is 12.5. The van der Waals surface area contributed by atoms with Gasteiger partial charge in [0.2, 0.25) is 0 Å². The molecule has 1 aliphatic rings. The minimum atomic E-state index is 0.717. The highest BCUT2D eigenvalue weighted by molar-refractivity contribution is 6.33. The minimum Gasteiger partial charge on any atom is -0.382 e. The second-order valence-electron chi connectivity index (χ2n) is 7.86. The van der Waals surface area contributed by atoms with E-state index in [-0.39, 0.29) is 0 Å². The average Bonchev–Trinajstić information content (AvgIpc) is 2.81. The number of hydrogen-bond acceptors (Lipinski definition) is 6. The minimum absolute atomic E-state index is 0.717. The van der Waals surface area contributed by atoms with Gasteiger partial charge in [-0.05, 0) is 49.2 Å². The van der Waals surface area contributed by atoms with Gasteiger partial charge in [0.1, 0.15) is 0 Å². The van der Waals surface area contributed by atoms with E-state index in [1.165, 1.54) is 0 Å². The maximum absolute atomic E-state index is 6.37. The molecule has 1 aromatic heterocycles. The highest BCUT2D eigenvalue weighted by Gasteiger charge is 2.22. The van der Waals surface area contributed by atoms with Gasteiger partial charge in [-0.1, -0.05) is 35.3 Å². The quantitative estimate of drug-likeness (QED) is 0.436. The van der Waals surface area contributed by atoms with Gasteiger partial charge in [0.05, 0.1) is 11.0 Å². The number of nitrogens with zero attached hydrogens (tertiary/aromatic N) is 4. The fraction of sp³-hybridized carbons (Fsp3) is 0.417. The van der Waals surface area contributed by atoms with Crippen LogP contribution in [0, 0.1) is 0 Å². The van der Waals surface area contributed by atoms with Crippen molar-refractivity contribution in [1.82, 2.24) is 14.9 Å². The first-order chi connectivity index (χ1) is 15.6. The van der Waals surface area contributed by atoms with Crippen molar-refractivity contribution in [3.63, 3.8) is 0 Å². The summed E-state index contributed by atoms with van der Waals surface area (Å²) in [6.45, 7) is 8.67. The van der Waals surface area contributed by atoms with Crippen molar-refractivity contribution in [3.8, 4) is 0 Å². The number of para-hydroxylation sites is 2. The van der Waals surface area contributed by atoms with Crippen LogP contribution in [-0.4, -0.2) is 60.8 Å². The van der Waals surface area contributed by atoms with Gasteiger partial charge in [-0.3, -0.25) is 4.90 Å². The van der Waals surface area contributed by atoms with E-state index in [1.54, 1.807) is 0 Å². The third-order valence-corrected chi connectivity index (χ3v) is 6.19. The molecule has 32 heavy (non-hydrogen) atoms. The third-order valence-electron chi connectivity index (χ3n) is 5.59. The maximum atomic E-state index is 6.37. The van der Waals surface area contributed by atoms with E-state index >= 15 is 0 Å². The first kappa shape index (κ1) is 23.1. The Bertz CT molecular complexity index is 1040. The van der Waals surface area contributed by atoms with Crippen LogP contribution in [0.2, 0.25) is 10.0 Å². The Kier molecular flexibility index (Phi) is 8.03. The molecule has 1 saturated heterocycles. The molecular formula is C24H29Cl2N5O. The van der Waals surface area contributed by atoms with Crippen molar-refractivity contribution < 1.29 is 4.74 Å². The first-order valence-corrected chi connectivity index (χ1v) is 11.9. The van der Waals surface area contributed by atoms with Gasteiger partial charge < -0.3 is 15.0 Å². The zero-order chi connectivity index (χ0) is 22.3. The summed E-state index contributed by atoms with van der Waals surface area (Å²) in [6, 6.07) is 13.7. The van der Waals surface area contributed by atoms with Gasteiger partial charge in [-0.25, -0.2) is 9.97 Å². The van der Waals surface area contributed by atoms with Crippen molar-refractivity contribution in [2.45, 2.75) is 19.9 Å². The summed E-state index contributed by atoms with van der Waals surface area (Å²) in [5, 5.41) is 4.96. The Morgan fingerprint density at radius 2 is 1.75 bits per heavy atom. The molecule has 1 aliphatic heterocycles. The van der Waals surface area contributed by atoms with Gasteiger partial charge in [-0.15, -0.1) is 0 Å². The van der Waals surface area contributed by atoms with Crippen LogP contribution in [0.3, 0.4) is 0 Å². The second-order valence-corrected chi connectivity index (χ2v) is 8.70. The lowest BCUT2D eigenvalue weighted by Gasteiger charge is -2.36. The van der Waals surface area contributed by atoms with Crippen LogP contribution in [0.25, 0.3) is 11.0 Å². The molecule has 2 aromatic carbocycles. The summed E-state index contributed by atoms with van der Waals surface area (Å²) in [4.78, 5) is 14.6. The van der Waals surface area contributed by atoms with Gasteiger partial charge in [-0.2, -0.15) is 0 Å². The number of halogens is 2. The molecule has 0 spiro atoms. The number of benzene rings is 2. The van der Waals surface area contributed by atoms with Gasteiger partial charge in [0.15, 0.2) is 11.6 Å². The largest absolute Gasteiger partial charge is 0.382 e. The van der Waals surface area contributed by atoms with Crippen molar-refractivity contribution in [2.75, 3.05) is 56.2 Å². The van der Waals surface area contributed by atoms with Gasteiger partial charge in [0, 0.05) is 62.5 Å². The van der Waals surface area contributed by atoms with Crippen LogP contribution < -0.4 is 10.2 Å². The van der Waals surface area contributed by atoms with E-state index in [1.807, 2.05) is 49.4 Å². The van der Waals surface area contributed by atoms with E-state index in [9.17, 15) is 0 Å². The first-order valence-electron chi connectivity index (χ1n) is 11.1. The molecule has 0 aliphatic carbocycles. The van der Waals surface area contributed by atoms with Gasteiger partial charge >= 0.3 is 0 Å². The lowest BCUT2D eigenvalue weighted by molar-refractivity contribution is 0.147. The predicted molar refractivity (Wildman–Crippen MR) is 133 cm³/mol. The van der Waals surface area contributed by atoms with Crippen molar-refractivity contribution in [1.29, 1.82) is 0 Å². The summed E-state index contributed by atoms with van der Waals surface area (Å²) in [6.07, 6.45) is 0.927. The Balaban J connectivity index is 1.45. The molecule has 3 aromatic rings. The van der Waals surface area contributed by atoms with E-state index in [4.69, 9.17) is 37.9 Å². The lowest BCUT2D eigenvalue weighted by Crippen LogP contribution is -2.46. The Morgan fingerprint density at radius 1 is 1.00 bits per heavy atom. The molecule has 0 amide bonds. The standard InChI is InChI=1S/C24H29Cl2N5O/c1-2-32-15-5-10-27-23-24(29-22-7-4-3-6-21(22)28-23)31-13-11-30(12-14-31)17-18-16-19(25)8-9-20(18)26/h3-4,6-9,16H,2,5,10-15,17H2,1H3,(H,27,28). The number of fused-ring (bicyclic) bond motifs is 1. The molecular weight excluding hydrogens is 445 g/mol. The summed E-state index contributed by atoms with van der Waals surface area (Å²) in [5.74, 6) is 1.76. The highest BCUT2D eigenvalue weighted by atomic mass is 35.5. The molecule has 2 heterocycles. The molecule has 0 unspecified atom stereocenters. The molecule has 4 rings (SSSR count). The fourth-order valence-electron chi connectivity index (χ4n) is 3.88. The molecule has 8 heteroatoms. The average molecular weight is 474 g/mol. The van der Waals surface area contributed by atoms with Crippen molar-refractivity contribution in [3.05, 3.63) is 58.1 Å². The maximum Gasteiger partial charge on any atom is 0.172 e. The number of aromatic nitrogens is 2. The van der Waals surface area contributed by atoms with Crippen LogP contribution >= 0.6 is 23.2 Å². The molecule has 1 N–H and O–H groups in total. The molecule has 6 nitrogen and oxygen atoms in total. The third kappa shape index (κ3) is 5.81. The Morgan fingerprint density at radius 3 is 2.50 bits per heavy atom. The zero-order valence-electron chi connectivity index (χ0n) is 18.4. The van der Waals surface area contributed by atoms with E-state index < -0.39 is 0 Å². The topological polar surface area (TPSA) is 53.5 Å². The molecule has 0 atom stereocenters. The Hall–Kier alpha value is -2.12. The molecule has 0 radical (unpaired) electrons. The lowest BCUT2D eigenvalue weighted by atomic mass is 10.2.